The van der Waals surface area contributed by atoms with Crippen molar-refractivity contribution in [3.8, 4) is 0 Å². The van der Waals surface area contributed by atoms with E-state index in [0.29, 0.717) is 25.9 Å². The van der Waals surface area contributed by atoms with Crippen molar-refractivity contribution in [1.82, 2.24) is 5.32 Å². The lowest BCUT2D eigenvalue weighted by molar-refractivity contribution is -0.143. The van der Waals surface area contributed by atoms with Crippen LogP contribution in [0.1, 0.15) is 380 Å². The van der Waals surface area contributed by atoms with E-state index >= 15 is 0 Å². The van der Waals surface area contributed by atoms with E-state index in [4.69, 9.17) is 4.74 Å². The zero-order valence-electron chi connectivity index (χ0n) is 53.1. The Morgan fingerprint density at radius 3 is 0.987 bits per heavy atom. The Morgan fingerprint density at radius 2 is 0.633 bits per heavy atom. The number of unbranched alkanes of at least 4 members (excludes halogenated alkanes) is 47. The minimum Gasteiger partial charge on any atom is -0.466 e. The summed E-state index contributed by atoms with van der Waals surface area (Å²) in [5.74, 6) is -0.0232. The first kappa shape index (κ1) is 76.8. The van der Waals surface area contributed by atoms with E-state index in [-0.39, 0.29) is 18.5 Å². The summed E-state index contributed by atoms with van der Waals surface area (Å²) in [6, 6.07) is -0.539. The molecular weight excluding hydrogens is 971 g/mol. The van der Waals surface area contributed by atoms with Crippen LogP contribution in [0, 0.1) is 0 Å². The zero-order chi connectivity index (χ0) is 57.1. The van der Waals surface area contributed by atoms with Crippen LogP contribution in [-0.2, 0) is 14.3 Å². The van der Waals surface area contributed by atoms with E-state index in [9.17, 15) is 19.8 Å². The summed E-state index contributed by atoms with van der Waals surface area (Å²) in [5, 5.41) is 23.2. The lowest BCUT2D eigenvalue weighted by Gasteiger charge is -2.22. The molecule has 2 atom stereocenters. The summed E-state index contributed by atoms with van der Waals surface area (Å²) in [4.78, 5) is 24.6. The number of nitrogens with one attached hydrogen (secondary N) is 1. The van der Waals surface area contributed by atoms with E-state index in [1.807, 2.05) is 0 Å². The lowest BCUT2D eigenvalue weighted by atomic mass is 10.0. The number of allylic oxidation sites excluding steroid dienone is 8. The third kappa shape index (κ3) is 64.8. The van der Waals surface area contributed by atoms with Crippen LogP contribution in [0.3, 0.4) is 0 Å². The summed E-state index contributed by atoms with van der Waals surface area (Å²) in [6.07, 6.45) is 88.9. The molecule has 0 saturated carbocycles. The molecule has 2 unspecified atom stereocenters. The van der Waals surface area contributed by atoms with Gasteiger partial charge in [-0.25, -0.2) is 0 Å². The molecule has 0 spiro atoms. The third-order valence-electron chi connectivity index (χ3n) is 16.4. The van der Waals surface area contributed by atoms with Crippen molar-refractivity contribution in [1.29, 1.82) is 0 Å². The summed E-state index contributed by atoms with van der Waals surface area (Å²) in [5.41, 5.74) is 0. The smallest absolute Gasteiger partial charge is 0.305 e. The number of carbonyl (C=O) groups is 2. The highest BCUT2D eigenvalue weighted by Gasteiger charge is 2.20. The summed E-state index contributed by atoms with van der Waals surface area (Å²) in [6.45, 7) is 4.93. The van der Waals surface area contributed by atoms with Crippen LogP contribution in [0.15, 0.2) is 48.6 Å². The maximum atomic E-state index is 12.4. The van der Waals surface area contributed by atoms with E-state index in [1.165, 1.54) is 289 Å². The molecule has 0 aliphatic carbocycles. The molecule has 0 aromatic rings. The second-order valence-corrected chi connectivity index (χ2v) is 24.2. The first-order chi connectivity index (χ1) is 39.0. The van der Waals surface area contributed by atoms with E-state index < -0.39 is 12.1 Å². The molecule has 0 bridgehead atoms. The second kappa shape index (κ2) is 68.3. The Morgan fingerprint density at radius 1 is 0.354 bits per heavy atom. The number of hydrogen-bond acceptors (Lipinski definition) is 5. The van der Waals surface area contributed by atoms with Gasteiger partial charge in [-0.3, -0.25) is 9.59 Å². The maximum Gasteiger partial charge on any atom is 0.305 e. The molecule has 0 heterocycles. The largest absolute Gasteiger partial charge is 0.466 e. The number of amides is 1. The van der Waals surface area contributed by atoms with Gasteiger partial charge in [-0.1, -0.05) is 326 Å². The van der Waals surface area contributed by atoms with Crippen LogP contribution in [0.5, 0.6) is 0 Å². The molecule has 0 aromatic carbocycles. The van der Waals surface area contributed by atoms with E-state index in [1.54, 1.807) is 0 Å². The van der Waals surface area contributed by atoms with Crippen molar-refractivity contribution in [3.63, 3.8) is 0 Å². The number of rotatable bonds is 66. The van der Waals surface area contributed by atoms with Crippen molar-refractivity contribution < 1.29 is 24.5 Å². The minimum atomic E-state index is -0.661. The molecule has 6 heteroatoms. The van der Waals surface area contributed by atoms with Gasteiger partial charge < -0.3 is 20.3 Å². The third-order valence-corrected chi connectivity index (χ3v) is 16.4. The number of ether oxygens (including phenoxy) is 1. The molecule has 0 fully saturated rings. The van der Waals surface area contributed by atoms with E-state index in [0.717, 1.165) is 57.8 Å². The number of hydrogen-bond donors (Lipinski definition) is 3. The second-order valence-electron chi connectivity index (χ2n) is 24.2. The fourth-order valence-electron chi connectivity index (χ4n) is 10.9. The van der Waals surface area contributed by atoms with Gasteiger partial charge in [-0.15, -0.1) is 0 Å². The monoisotopic (exact) mass is 1110 g/mol. The lowest BCUT2D eigenvalue weighted by Crippen LogP contribution is -2.45. The van der Waals surface area contributed by atoms with Crippen molar-refractivity contribution in [2.24, 2.45) is 0 Å². The number of esters is 1. The quantitative estimate of drug-likeness (QED) is 0.0320. The average molecular weight is 1110 g/mol. The highest BCUT2D eigenvalue weighted by Crippen LogP contribution is 2.18. The number of carbonyl (C=O) groups excluding carboxylic acids is 2. The van der Waals surface area contributed by atoms with Crippen LogP contribution >= 0.6 is 0 Å². The Bertz CT molecular complexity index is 1320. The van der Waals surface area contributed by atoms with E-state index in [2.05, 4.69) is 67.8 Å². The highest BCUT2D eigenvalue weighted by atomic mass is 16.5. The molecule has 6 nitrogen and oxygen atoms in total. The highest BCUT2D eigenvalue weighted by molar-refractivity contribution is 5.76. The fraction of sp³-hybridized carbons (Fsp3) is 0.863. The predicted molar refractivity (Wildman–Crippen MR) is 347 cm³/mol. The van der Waals surface area contributed by atoms with Gasteiger partial charge in [0, 0.05) is 12.8 Å². The van der Waals surface area contributed by atoms with Gasteiger partial charge in [-0.05, 0) is 89.9 Å². The van der Waals surface area contributed by atoms with Gasteiger partial charge in [-0.2, -0.15) is 0 Å². The molecule has 0 saturated heterocycles. The van der Waals surface area contributed by atoms with Crippen LogP contribution in [0.4, 0.5) is 0 Å². The molecule has 3 N–H and O–H groups in total. The van der Waals surface area contributed by atoms with Crippen LogP contribution < -0.4 is 5.32 Å². The average Bonchev–Trinajstić information content (AvgIpc) is 3.45. The Kier molecular flexibility index (Phi) is 66.4. The van der Waals surface area contributed by atoms with Gasteiger partial charge in [0.05, 0.1) is 25.4 Å². The van der Waals surface area contributed by atoms with Gasteiger partial charge in [0.1, 0.15) is 0 Å². The van der Waals surface area contributed by atoms with Crippen LogP contribution in [-0.4, -0.2) is 47.4 Å². The van der Waals surface area contributed by atoms with Crippen molar-refractivity contribution in [2.45, 2.75) is 392 Å². The molecule has 1 amide bonds. The number of aliphatic hydroxyl groups is 2. The van der Waals surface area contributed by atoms with Crippen LogP contribution in [0.2, 0.25) is 0 Å². The summed E-state index contributed by atoms with van der Waals surface area (Å²) < 4.78 is 5.50. The van der Waals surface area contributed by atoms with Gasteiger partial charge >= 0.3 is 5.97 Å². The maximum absolute atomic E-state index is 12.4. The topological polar surface area (TPSA) is 95.9 Å². The summed E-state index contributed by atoms with van der Waals surface area (Å²) in [7, 11) is 0. The molecule has 0 aromatic heterocycles. The van der Waals surface area contributed by atoms with Crippen molar-refractivity contribution >= 4 is 11.9 Å². The Hall–Kier alpha value is -2.18. The normalized spacial score (nSPS) is 12.8. The zero-order valence-corrected chi connectivity index (χ0v) is 53.1. The van der Waals surface area contributed by atoms with Crippen molar-refractivity contribution in [2.75, 3.05) is 13.2 Å². The van der Waals surface area contributed by atoms with Gasteiger partial charge in [0.15, 0.2) is 0 Å². The molecule has 0 radical (unpaired) electrons. The standard InChI is InChI=1S/C73H137NO5/c1-3-5-7-9-11-13-15-16-17-18-34-38-41-44-47-51-55-59-63-67-73(78)79-68-64-60-56-52-48-45-42-39-36-33-31-29-27-25-23-21-19-20-22-24-26-28-30-32-35-37-40-43-46-50-54-58-62-66-72(77)74-70(69-75)71(76)65-61-57-53-49-14-12-10-8-6-4-2/h11,13,16-17,23,25,29,31,70-71,75-76H,3-10,12,14-15,18-22,24,26-28,30,32-69H2,1-2H3,(H,74,77)/b13-11-,17-16-,25-23-,31-29-. The molecular formula is C73H137NO5. The molecule has 0 aliphatic rings. The van der Waals surface area contributed by atoms with Crippen LogP contribution in [0.25, 0.3) is 0 Å². The molecule has 79 heavy (non-hydrogen) atoms. The first-order valence-corrected chi connectivity index (χ1v) is 35.4. The van der Waals surface area contributed by atoms with Gasteiger partial charge in [0.2, 0.25) is 5.91 Å². The fourth-order valence-corrected chi connectivity index (χ4v) is 10.9. The minimum absolute atomic E-state index is 0.0104. The SMILES string of the molecule is CCCCC/C=C\C/C=C\CCCCCCCCCCCC(=O)OCCCCCCCCCCC/C=C\C/C=C\CCCCCCCCCCCCCCCCCCCC(=O)NC(CO)C(O)CCCCCCCCCCCC. The van der Waals surface area contributed by atoms with Crippen molar-refractivity contribution in [3.05, 3.63) is 48.6 Å². The Balaban J connectivity index is 3.35. The Labute approximate surface area is 493 Å². The molecule has 0 rings (SSSR count). The predicted octanol–water partition coefficient (Wildman–Crippen LogP) is 22.9. The van der Waals surface area contributed by atoms with Gasteiger partial charge in [0.25, 0.3) is 0 Å². The number of aliphatic hydroxyl groups excluding tert-OH is 2. The summed E-state index contributed by atoms with van der Waals surface area (Å²) >= 11 is 0. The first-order valence-electron chi connectivity index (χ1n) is 35.4. The molecule has 0 aliphatic heterocycles. The molecule has 464 valence electrons.